The molecule has 0 unspecified atom stereocenters. The molecule has 21 heavy (non-hydrogen) atoms. The minimum Gasteiger partial charge on any atom is -0.267 e. The van der Waals surface area contributed by atoms with E-state index in [1.54, 1.807) is 30.3 Å². The third-order valence-corrected chi connectivity index (χ3v) is 3.81. The van der Waals surface area contributed by atoms with Crippen molar-refractivity contribution in [2.75, 3.05) is 0 Å². The topological polar surface area (TPSA) is 89.6 Å². The molecular formula is C14H11FN2O3S. The second-order valence-corrected chi connectivity index (χ2v) is 5.68. The maximum absolute atomic E-state index is 14.4. The molecule has 2 rings (SSSR count). The van der Waals surface area contributed by atoms with Gasteiger partial charge in [-0.2, -0.15) is 0 Å². The van der Waals surface area contributed by atoms with Gasteiger partial charge in [-0.1, -0.05) is 36.4 Å². The molecule has 2 aromatic rings. The van der Waals surface area contributed by atoms with Crippen molar-refractivity contribution in [3.05, 3.63) is 53.8 Å². The highest BCUT2D eigenvalue weighted by atomic mass is 32.2. The van der Waals surface area contributed by atoms with E-state index >= 15 is 0 Å². The Labute approximate surface area is 121 Å². The number of nitrogens with zero attached hydrogens (tertiary/aromatic N) is 1. The molecule has 0 aliphatic carbocycles. The van der Waals surface area contributed by atoms with Crippen LogP contribution in [0, 0.1) is 5.82 Å². The molecule has 0 heterocycles. The highest BCUT2D eigenvalue weighted by molar-refractivity contribution is 7.89. The maximum atomic E-state index is 14.4. The summed E-state index contributed by atoms with van der Waals surface area (Å²) in [6.45, 7) is 3.00. The number of hydrogen-bond donors (Lipinski definition) is 1. The molecule has 2 N–H and O–H groups in total. The van der Waals surface area contributed by atoms with Gasteiger partial charge < -0.3 is 0 Å². The molecule has 0 saturated heterocycles. The van der Waals surface area contributed by atoms with Crippen molar-refractivity contribution >= 4 is 22.6 Å². The van der Waals surface area contributed by atoms with E-state index in [2.05, 4.69) is 11.7 Å². The van der Waals surface area contributed by atoms with Crippen molar-refractivity contribution < 1.29 is 17.6 Å². The zero-order valence-electron chi connectivity index (χ0n) is 10.8. The summed E-state index contributed by atoms with van der Waals surface area (Å²) in [5.74, 6) is -2.19. The Hall–Kier alpha value is -2.38. The summed E-state index contributed by atoms with van der Waals surface area (Å²) in [5, 5.41) is 5.08. The van der Waals surface area contributed by atoms with Crippen molar-refractivity contribution in [3.63, 3.8) is 0 Å². The van der Waals surface area contributed by atoms with Gasteiger partial charge in [-0.3, -0.25) is 4.79 Å². The van der Waals surface area contributed by atoms with E-state index in [-0.39, 0.29) is 5.56 Å². The summed E-state index contributed by atoms with van der Waals surface area (Å²) in [4.78, 5) is 13.8. The van der Waals surface area contributed by atoms with Crippen molar-refractivity contribution in [2.45, 2.75) is 4.90 Å². The fourth-order valence-electron chi connectivity index (χ4n) is 1.93. The van der Waals surface area contributed by atoms with Crippen LogP contribution >= 0.6 is 0 Å². The zero-order chi connectivity index (χ0) is 15.6. The molecule has 2 aromatic carbocycles. The number of carbonyl (C=O) groups excluding carboxylic acids is 1. The molecule has 0 atom stereocenters. The van der Waals surface area contributed by atoms with E-state index in [9.17, 15) is 17.6 Å². The normalized spacial score (nSPS) is 11.1. The second-order valence-electron chi connectivity index (χ2n) is 4.18. The molecule has 0 fully saturated rings. The minimum absolute atomic E-state index is 0.0798. The number of benzene rings is 2. The Morgan fingerprint density at radius 1 is 1.14 bits per heavy atom. The van der Waals surface area contributed by atoms with Crippen molar-refractivity contribution in [1.29, 1.82) is 0 Å². The lowest BCUT2D eigenvalue weighted by atomic mass is 10.0. The number of halogens is 1. The van der Waals surface area contributed by atoms with Gasteiger partial charge in [0.15, 0.2) is 5.82 Å². The Kier molecular flexibility index (Phi) is 3.97. The van der Waals surface area contributed by atoms with Crippen LogP contribution in [0.2, 0.25) is 0 Å². The largest absolute Gasteiger partial charge is 0.279 e. The summed E-state index contributed by atoms with van der Waals surface area (Å²) in [6, 6.07) is 10.8. The van der Waals surface area contributed by atoms with Crippen LogP contribution in [0.4, 0.5) is 4.39 Å². The standard InChI is InChI=1S/C14H11FN2O3S/c1-17-14(18)11-8-7-10(9-5-3-2-4-6-9)13(12(11)15)21(16,19)20/h2-8H,1H2,(H2,16,19,20). The lowest BCUT2D eigenvalue weighted by molar-refractivity contribution is 0.0999. The first-order valence-corrected chi connectivity index (χ1v) is 7.32. The predicted octanol–water partition coefficient (Wildman–Crippen LogP) is 1.98. The third kappa shape index (κ3) is 2.88. The number of carbonyl (C=O) groups is 1. The van der Waals surface area contributed by atoms with Gasteiger partial charge >= 0.3 is 0 Å². The predicted molar refractivity (Wildman–Crippen MR) is 77.1 cm³/mol. The summed E-state index contributed by atoms with van der Waals surface area (Å²) in [7, 11) is -4.37. The molecule has 7 heteroatoms. The first-order valence-electron chi connectivity index (χ1n) is 5.78. The Balaban J connectivity index is 2.83. The zero-order valence-corrected chi connectivity index (χ0v) is 11.6. The lowest BCUT2D eigenvalue weighted by Gasteiger charge is -2.11. The average molecular weight is 306 g/mol. The first-order chi connectivity index (χ1) is 9.86. The molecule has 1 amide bonds. The Bertz CT molecular complexity index is 818. The number of sulfonamides is 1. The highest BCUT2D eigenvalue weighted by Crippen LogP contribution is 2.30. The summed E-state index contributed by atoms with van der Waals surface area (Å²) in [6.07, 6.45) is 0. The maximum Gasteiger partial charge on any atom is 0.279 e. The van der Waals surface area contributed by atoms with Crippen molar-refractivity contribution in [2.24, 2.45) is 10.1 Å². The molecule has 0 aliphatic rings. The van der Waals surface area contributed by atoms with Crippen LogP contribution in [0.25, 0.3) is 11.1 Å². The van der Waals surface area contributed by atoms with Crippen LogP contribution in [0.3, 0.4) is 0 Å². The minimum atomic E-state index is -4.37. The van der Waals surface area contributed by atoms with E-state index in [4.69, 9.17) is 5.14 Å². The van der Waals surface area contributed by atoms with E-state index in [1.807, 2.05) is 0 Å². The fourth-order valence-corrected chi connectivity index (χ4v) is 2.78. The highest BCUT2D eigenvalue weighted by Gasteiger charge is 2.25. The van der Waals surface area contributed by atoms with Gasteiger partial charge in [0.2, 0.25) is 10.0 Å². The van der Waals surface area contributed by atoms with Gasteiger partial charge in [0.1, 0.15) is 4.90 Å². The summed E-state index contributed by atoms with van der Waals surface area (Å²) < 4.78 is 37.8. The van der Waals surface area contributed by atoms with Gasteiger partial charge in [0.05, 0.1) is 5.56 Å². The number of nitrogens with two attached hydrogens (primary N) is 1. The third-order valence-electron chi connectivity index (χ3n) is 2.84. The van der Waals surface area contributed by atoms with Gasteiger partial charge in [0.25, 0.3) is 5.91 Å². The molecule has 108 valence electrons. The van der Waals surface area contributed by atoms with Crippen molar-refractivity contribution in [3.8, 4) is 11.1 Å². The monoisotopic (exact) mass is 306 g/mol. The van der Waals surface area contributed by atoms with E-state index in [0.29, 0.717) is 5.56 Å². The van der Waals surface area contributed by atoms with Crippen LogP contribution in [-0.4, -0.2) is 21.0 Å². The molecule has 0 bridgehead atoms. The number of rotatable bonds is 3. The smallest absolute Gasteiger partial charge is 0.267 e. The van der Waals surface area contributed by atoms with E-state index < -0.39 is 32.2 Å². The van der Waals surface area contributed by atoms with Crippen LogP contribution < -0.4 is 5.14 Å². The van der Waals surface area contributed by atoms with Crippen LogP contribution in [-0.2, 0) is 10.0 Å². The van der Waals surface area contributed by atoms with Crippen LogP contribution in [0.1, 0.15) is 10.4 Å². The molecule has 0 radical (unpaired) electrons. The van der Waals surface area contributed by atoms with Gasteiger partial charge in [-0.25, -0.2) is 22.9 Å². The number of primary sulfonamides is 1. The SMILES string of the molecule is C=NC(=O)c1ccc(-c2ccccc2)c(S(N)(=O)=O)c1F. The Morgan fingerprint density at radius 3 is 2.29 bits per heavy atom. The summed E-state index contributed by atoms with van der Waals surface area (Å²) in [5.41, 5.74) is 0.0518. The van der Waals surface area contributed by atoms with Crippen LogP contribution in [0.15, 0.2) is 52.4 Å². The van der Waals surface area contributed by atoms with Crippen molar-refractivity contribution in [1.82, 2.24) is 0 Å². The molecule has 0 spiro atoms. The van der Waals surface area contributed by atoms with Gasteiger partial charge in [-0.15, -0.1) is 0 Å². The number of aliphatic imine (C=N–C) groups is 1. The lowest BCUT2D eigenvalue weighted by Crippen LogP contribution is -2.17. The first kappa shape index (κ1) is 15.0. The van der Waals surface area contributed by atoms with Crippen LogP contribution in [0.5, 0.6) is 0 Å². The number of hydrogen-bond acceptors (Lipinski definition) is 3. The summed E-state index contributed by atoms with van der Waals surface area (Å²) >= 11 is 0. The molecule has 0 aliphatic heterocycles. The molecule has 0 aromatic heterocycles. The molecule has 5 nitrogen and oxygen atoms in total. The fraction of sp³-hybridized carbons (Fsp3) is 0. The molecule has 0 saturated carbocycles. The number of amides is 1. The molecular weight excluding hydrogens is 295 g/mol. The average Bonchev–Trinajstić information content (AvgIpc) is 2.45. The Morgan fingerprint density at radius 2 is 1.76 bits per heavy atom. The quantitative estimate of drug-likeness (QED) is 0.879. The van der Waals surface area contributed by atoms with E-state index in [1.165, 1.54) is 6.07 Å². The second kappa shape index (κ2) is 5.55. The van der Waals surface area contributed by atoms with Gasteiger partial charge in [0, 0.05) is 5.56 Å². The van der Waals surface area contributed by atoms with Gasteiger partial charge in [-0.05, 0) is 18.3 Å². The van der Waals surface area contributed by atoms with E-state index in [0.717, 1.165) is 6.07 Å².